The average molecular weight is 172 g/mol. The Morgan fingerprint density at radius 3 is 2.25 bits per heavy atom. The second-order valence-electron chi connectivity index (χ2n) is 3.93. The van der Waals surface area contributed by atoms with Gasteiger partial charge in [-0.3, -0.25) is 0 Å². The summed E-state index contributed by atoms with van der Waals surface area (Å²) in [6.07, 6.45) is 1.68. The van der Waals surface area contributed by atoms with Crippen LogP contribution in [0.25, 0.3) is 0 Å². The zero-order chi connectivity index (χ0) is 8.66. The lowest BCUT2D eigenvalue weighted by atomic mass is 9.73. The van der Waals surface area contributed by atoms with Crippen LogP contribution in [0.3, 0.4) is 0 Å². The van der Waals surface area contributed by atoms with Crippen molar-refractivity contribution in [3.63, 3.8) is 0 Å². The van der Waals surface area contributed by atoms with E-state index >= 15 is 0 Å². The fraction of sp³-hybridized carbons (Fsp3) is 1.00. The fourth-order valence-corrected chi connectivity index (χ4v) is 1.92. The van der Waals surface area contributed by atoms with E-state index in [1.54, 1.807) is 0 Å². The van der Waals surface area contributed by atoms with E-state index in [1.807, 2.05) is 0 Å². The molecular formula is C8H16N2O2. The Hall–Kier alpha value is -0.160. The summed E-state index contributed by atoms with van der Waals surface area (Å²) in [6.45, 7) is 2.62. The molecule has 2 aliphatic heterocycles. The summed E-state index contributed by atoms with van der Waals surface area (Å²) in [7, 11) is 0. The first kappa shape index (κ1) is 8.44. The summed E-state index contributed by atoms with van der Waals surface area (Å²) in [4.78, 5) is 0. The summed E-state index contributed by atoms with van der Waals surface area (Å²) in [5.74, 6) is 0. The van der Waals surface area contributed by atoms with Gasteiger partial charge in [0.1, 0.15) is 5.60 Å². The van der Waals surface area contributed by atoms with Gasteiger partial charge in [-0.25, -0.2) is 0 Å². The Bertz CT molecular complexity index is 174. The first-order chi connectivity index (χ1) is 5.66. The highest BCUT2D eigenvalue weighted by Crippen LogP contribution is 2.34. The molecule has 0 spiro atoms. The first-order valence-electron chi connectivity index (χ1n) is 4.46. The topological polar surface area (TPSA) is 67.5 Å². The van der Waals surface area contributed by atoms with E-state index in [2.05, 4.69) is 5.32 Å². The van der Waals surface area contributed by atoms with Crippen molar-refractivity contribution in [3.8, 4) is 0 Å². The van der Waals surface area contributed by atoms with Gasteiger partial charge in [-0.15, -0.1) is 0 Å². The number of rotatable bonds is 1. The fourth-order valence-electron chi connectivity index (χ4n) is 1.92. The minimum atomic E-state index is -0.755. The first-order valence-corrected chi connectivity index (χ1v) is 4.46. The number of nitrogens with one attached hydrogen (secondary N) is 1. The van der Waals surface area contributed by atoms with Gasteiger partial charge in [-0.1, -0.05) is 0 Å². The Kier molecular flexibility index (Phi) is 1.88. The van der Waals surface area contributed by atoms with Gasteiger partial charge in [0, 0.05) is 0 Å². The summed E-state index contributed by atoms with van der Waals surface area (Å²) >= 11 is 0. The lowest BCUT2D eigenvalue weighted by Gasteiger charge is -2.51. The monoisotopic (exact) mass is 172 g/mol. The number of hydrogen-bond donors (Lipinski definition) is 3. The molecule has 0 amide bonds. The van der Waals surface area contributed by atoms with E-state index in [0.717, 1.165) is 25.9 Å². The molecule has 70 valence electrons. The van der Waals surface area contributed by atoms with Crippen molar-refractivity contribution in [1.82, 2.24) is 5.32 Å². The lowest BCUT2D eigenvalue weighted by Crippen LogP contribution is -2.72. The molecule has 2 fully saturated rings. The predicted molar refractivity (Wildman–Crippen MR) is 44.8 cm³/mol. The van der Waals surface area contributed by atoms with Gasteiger partial charge < -0.3 is 20.9 Å². The number of aliphatic hydroxyl groups is 1. The van der Waals surface area contributed by atoms with Gasteiger partial charge in [0.15, 0.2) is 0 Å². The minimum absolute atomic E-state index is 0.406. The van der Waals surface area contributed by atoms with Crippen molar-refractivity contribution in [1.29, 1.82) is 0 Å². The van der Waals surface area contributed by atoms with Crippen LogP contribution < -0.4 is 11.1 Å². The molecule has 12 heavy (non-hydrogen) atoms. The van der Waals surface area contributed by atoms with Crippen molar-refractivity contribution in [2.75, 3.05) is 26.3 Å². The highest BCUT2D eigenvalue weighted by atomic mass is 16.5. The minimum Gasteiger partial charge on any atom is -0.383 e. The number of ether oxygens (including phenoxy) is 1. The van der Waals surface area contributed by atoms with Crippen molar-refractivity contribution in [2.45, 2.75) is 24.0 Å². The van der Waals surface area contributed by atoms with Gasteiger partial charge in [0.25, 0.3) is 0 Å². The molecular weight excluding hydrogens is 156 g/mol. The molecule has 0 radical (unpaired) electrons. The van der Waals surface area contributed by atoms with E-state index in [-0.39, 0.29) is 0 Å². The smallest absolute Gasteiger partial charge is 0.129 e. The molecule has 0 aliphatic carbocycles. The maximum Gasteiger partial charge on any atom is 0.129 e. The maximum atomic E-state index is 10.0. The SMILES string of the molecule is NC1(C2(O)COC2)CCNCC1. The Morgan fingerprint density at radius 2 is 1.83 bits per heavy atom. The third-order valence-corrected chi connectivity index (χ3v) is 3.10. The third-order valence-electron chi connectivity index (χ3n) is 3.10. The van der Waals surface area contributed by atoms with Crippen molar-refractivity contribution in [3.05, 3.63) is 0 Å². The zero-order valence-electron chi connectivity index (χ0n) is 7.18. The van der Waals surface area contributed by atoms with Crippen molar-refractivity contribution in [2.24, 2.45) is 5.73 Å². The lowest BCUT2D eigenvalue weighted by molar-refractivity contribution is -0.218. The highest BCUT2D eigenvalue weighted by molar-refractivity contribution is 5.09. The quantitative estimate of drug-likeness (QED) is 0.466. The van der Waals surface area contributed by atoms with E-state index in [9.17, 15) is 5.11 Å². The van der Waals surface area contributed by atoms with Crippen LogP contribution in [-0.4, -0.2) is 42.5 Å². The average Bonchev–Trinajstić information content (AvgIpc) is 2.01. The number of nitrogens with two attached hydrogens (primary N) is 1. The van der Waals surface area contributed by atoms with E-state index in [1.165, 1.54) is 0 Å². The van der Waals surface area contributed by atoms with Crippen LogP contribution in [0.2, 0.25) is 0 Å². The molecule has 4 N–H and O–H groups in total. The molecule has 4 nitrogen and oxygen atoms in total. The molecule has 0 aromatic heterocycles. The number of hydrogen-bond acceptors (Lipinski definition) is 4. The summed E-state index contributed by atoms with van der Waals surface area (Å²) in [5.41, 5.74) is 4.95. The normalized spacial score (nSPS) is 32.5. The van der Waals surface area contributed by atoms with Crippen LogP contribution in [-0.2, 0) is 4.74 Å². The van der Waals surface area contributed by atoms with E-state index in [4.69, 9.17) is 10.5 Å². The summed E-state index contributed by atoms with van der Waals surface area (Å²) in [5, 5.41) is 13.2. The Labute approximate surface area is 72.1 Å². The molecule has 0 aromatic rings. The van der Waals surface area contributed by atoms with Crippen LogP contribution in [0, 0.1) is 0 Å². The van der Waals surface area contributed by atoms with E-state index in [0.29, 0.717) is 13.2 Å². The Balaban J connectivity index is 2.07. The molecule has 4 heteroatoms. The Morgan fingerprint density at radius 1 is 1.25 bits per heavy atom. The molecule has 0 saturated carbocycles. The molecule has 0 unspecified atom stereocenters. The van der Waals surface area contributed by atoms with Gasteiger partial charge in [-0.05, 0) is 25.9 Å². The zero-order valence-corrected chi connectivity index (χ0v) is 7.18. The van der Waals surface area contributed by atoms with Gasteiger partial charge in [0.05, 0.1) is 18.8 Å². The van der Waals surface area contributed by atoms with Gasteiger partial charge in [-0.2, -0.15) is 0 Å². The van der Waals surface area contributed by atoms with Crippen molar-refractivity contribution >= 4 is 0 Å². The summed E-state index contributed by atoms with van der Waals surface area (Å²) in [6, 6.07) is 0. The predicted octanol–water partition coefficient (Wildman–Crippen LogP) is -1.17. The molecule has 0 atom stereocenters. The molecule has 2 saturated heterocycles. The van der Waals surface area contributed by atoms with Crippen LogP contribution in [0.5, 0.6) is 0 Å². The molecule has 2 rings (SSSR count). The largest absolute Gasteiger partial charge is 0.383 e. The van der Waals surface area contributed by atoms with Gasteiger partial charge in [0.2, 0.25) is 0 Å². The molecule has 0 bridgehead atoms. The molecule has 0 aromatic carbocycles. The number of piperidine rings is 1. The van der Waals surface area contributed by atoms with Crippen LogP contribution >= 0.6 is 0 Å². The van der Waals surface area contributed by atoms with Crippen LogP contribution in [0.15, 0.2) is 0 Å². The second kappa shape index (κ2) is 2.67. The van der Waals surface area contributed by atoms with Gasteiger partial charge >= 0.3 is 0 Å². The standard InChI is InChI=1S/C8H16N2O2/c9-7(1-3-10-4-2-7)8(11)5-12-6-8/h10-11H,1-6,9H2. The molecule has 2 aliphatic rings. The maximum absolute atomic E-state index is 10.0. The third kappa shape index (κ3) is 1.07. The molecule has 2 heterocycles. The van der Waals surface area contributed by atoms with Crippen LogP contribution in [0.1, 0.15) is 12.8 Å². The summed E-state index contributed by atoms with van der Waals surface area (Å²) < 4.78 is 5.01. The van der Waals surface area contributed by atoms with E-state index < -0.39 is 11.1 Å². The van der Waals surface area contributed by atoms with Crippen LogP contribution in [0.4, 0.5) is 0 Å². The second-order valence-corrected chi connectivity index (χ2v) is 3.93. The van der Waals surface area contributed by atoms with Crippen molar-refractivity contribution < 1.29 is 9.84 Å². The highest BCUT2D eigenvalue weighted by Gasteiger charge is 2.52.